The minimum Gasteiger partial charge on any atom is -0.259 e. The normalized spacial score (nSPS) is 12.5. The molecule has 0 aliphatic carbocycles. The molecule has 0 aliphatic heterocycles. The number of nitrogens with zero attached hydrogens (tertiary/aromatic N) is 2. The summed E-state index contributed by atoms with van der Waals surface area (Å²) in [6.45, 7) is 7.96. The maximum Gasteiger partial charge on any atom is 0.200 e. The van der Waals surface area contributed by atoms with E-state index >= 15 is 0 Å². The highest BCUT2D eigenvalue weighted by Gasteiger charge is 1.87. The molecular formula is C9H12N2. The van der Waals surface area contributed by atoms with E-state index in [0.717, 1.165) is 5.71 Å². The molecular weight excluding hydrogens is 136 g/mol. The van der Waals surface area contributed by atoms with Crippen molar-refractivity contribution in [2.75, 3.05) is 6.54 Å². The molecule has 0 atom stereocenters. The van der Waals surface area contributed by atoms with Gasteiger partial charge in [0, 0.05) is 12.3 Å². The van der Waals surface area contributed by atoms with Gasteiger partial charge in [-0.2, -0.15) is 0 Å². The van der Waals surface area contributed by atoms with Crippen LogP contribution in [0.2, 0.25) is 0 Å². The van der Waals surface area contributed by atoms with Crippen LogP contribution in [0.4, 0.5) is 0 Å². The minimum absolute atomic E-state index is 0.435. The molecule has 0 radical (unpaired) electrons. The monoisotopic (exact) mass is 148 g/mol. The Bertz CT molecular complexity index is 228. The Morgan fingerprint density at radius 1 is 1.73 bits per heavy atom. The van der Waals surface area contributed by atoms with E-state index in [0.29, 0.717) is 12.4 Å². The Morgan fingerprint density at radius 2 is 2.36 bits per heavy atom. The number of allylic oxidation sites excluding steroid dienone is 1. The van der Waals surface area contributed by atoms with Crippen LogP contribution in [0.5, 0.6) is 0 Å². The van der Waals surface area contributed by atoms with E-state index in [2.05, 4.69) is 22.5 Å². The second-order valence-corrected chi connectivity index (χ2v) is 1.90. The SMILES string of the molecule is C#CC(/N=C(/C)C=C)=N/CC. The Labute approximate surface area is 67.8 Å². The molecule has 0 unspecified atom stereocenters. The fraction of sp³-hybridized carbons (Fsp3) is 0.333. The minimum atomic E-state index is 0.435. The third kappa shape index (κ3) is 4.10. The van der Waals surface area contributed by atoms with Crippen molar-refractivity contribution in [1.82, 2.24) is 0 Å². The van der Waals surface area contributed by atoms with Gasteiger partial charge >= 0.3 is 0 Å². The van der Waals surface area contributed by atoms with Gasteiger partial charge in [0.15, 0.2) is 5.84 Å². The lowest BCUT2D eigenvalue weighted by atomic mass is 10.4. The molecule has 58 valence electrons. The van der Waals surface area contributed by atoms with Crippen molar-refractivity contribution in [2.24, 2.45) is 9.98 Å². The van der Waals surface area contributed by atoms with Crippen molar-refractivity contribution < 1.29 is 0 Å². The third-order valence-corrected chi connectivity index (χ3v) is 1.01. The molecule has 0 heterocycles. The average Bonchev–Trinajstić information content (AvgIpc) is 2.03. The van der Waals surface area contributed by atoms with E-state index in [1.54, 1.807) is 6.08 Å². The zero-order valence-corrected chi connectivity index (χ0v) is 6.96. The molecule has 0 N–H and O–H groups in total. The molecule has 0 spiro atoms. The summed E-state index contributed by atoms with van der Waals surface area (Å²) in [5, 5.41) is 0. The van der Waals surface area contributed by atoms with Gasteiger partial charge in [-0.05, 0) is 25.8 Å². The van der Waals surface area contributed by atoms with E-state index in [1.165, 1.54) is 0 Å². The smallest absolute Gasteiger partial charge is 0.200 e. The molecule has 0 aromatic heterocycles. The Morgan fingerprint density at radius 3 is 2.73 bits per heavy atom. The van der Waals surface area contributed by atoms with Crippen LogP contribution in [0.15, 0.2) is 22.6 Å². The van der Waals surface area contributed by atoms with Gasteiger partial charge < -0.3 is 0 Å². The predicted octanol–water partition coefficient (Wildman–Crippen LogP) is 1.68. The highest BCUT2D eigenvalue weighted by atomic mass is 14.9. The summed E-state index contributed by atoms with van der Waals surface area (Å²) in [6.07, 6.45) is 6.78. The number of amidine groups is 1. The molecule has 0 amide bonds. The fourth-order valence-electron chi connectivity index (χ4n) is 0.476. The Balaban J connectivity index is 4.45. The Hall–Kier alpha value is -1.36. The summed E-state index contributed by atoms with van der Waals surface area (Å²) in [6, 6.07) is 0. The van der Waals surface area contributed by atoms with E-state index in [-0.39, 0.29) is 0 Å². The highest BCUT2D eigenvalue weighted by Crippen LogP contribution is 1.84. The molecule has 0 aliphatic rings. The van der Waals surface area contributed by atoms with Gasteiger partial charge in [0.25, 0.3) is 0 Å². The topological polar surface area (TPSA) is 24.7 Å². The number of hydrogen-bond acceptors (Lipinski definition) is 1. The molecule has 0 aromatic carbocycles. The lowest BCUT2D eigenvalue weighted by molar-refractivity contribution is 1.13. The van der Waals surface area contributed by atoms with Crippen LogP contribution in [0.1, 0.15) is 13.8 Å². The summed E-state index contributed by atoms with van der Waals surface area (Å²) < 4.78 is 0. The van der Waals surface area contributed by atoms with Crippen LogP contribution in [-0.4, -0.2) is 18.1 Å². The van der Waals surface area contributed by atoms with Crippen molar-refractivity contribution >= 4 is 11.5 Å². The maximum absolute atomic E-state index is 5.14. The van der Waals surface area contributed by atoms with Crippen molar-refractivity contribution in [3.05, 3.63) is 12.7 Å². The largest absolute Gasteiger partial charge is 0.259 e. The van der Waals surface area contributed by atoms with Crippen LogP contribution in [0, 0.1) is 12.3 Å². The van der Waals surface area contributed by atoms with Crippen molar-refractivity contribution in [3.8, 4) is 12.3 Å². The lowest BCUT2D eigenvalue weighted by Crippen LogP contribution is -1.95. The molecule has 2 heteroatoms. The summed E-state index contributed by atoms with van der Waals surface area (Å²) in [5.41, 5.74) is 0.787. The van der Waals surface area contributed by atoms with Crippen LogP contribution in [-0.2, 0) is 0 Å². The molecule has 0 fully saturated rings. The first kappa shape index (κ1) is 9.64. The molecule has 0 rings (SSSR count). The number of hydrogen-bond donors (Lipinski definition) is 0. The first-order valence-corrected chi connectivity index (χ1v) is 3.43. The zero-order valence-electron chi connectivity index (χ0n) is 6.96. The van der Waals surface area contributed by atoms with E-state index < -0.39 is 0 Å². The molecule has 2 nitrogen and oxygen atoms in total. The molecule has 0 bridgehead atoms. The lowest BCUT2D eigenvalue weighted by Gasteiger charge is -1.90. The van der Waals surface area contributed by atoms with Gasteiger partial charge in [0.2, 0.25) is 0 Å². The van der Waals surface area contributed by atoms with Gasteiger partial charge in [-0.25, -0.2) is 4.99 Å². The molecule has 0 saturated heterocycles. The summed E-state index contributed by atoms with van der Waals surface area (Å²) in [5.74, 6) is 2.82. The Kier molecular flexibility index (Phi) is 4.76. The molecule has 0 aromatic rings. The quantitative estimate of drug-likeness (QED) is 0.323. The maximum atomic E-state index is 5.14. The second kappa shape index (κ2) is 5.43. The van der Waals surface area contributed by atoms with E-state index in [1.807, 2.05) is 13.8 Å². The average molecular weight is 148 g/mol. The van der Waals surface area contributed by atoms with Crippen molar-refractivity contribution in [3.63, 3.8) is 0 Å². The van der Waals surface area contributed by atoms with Crippen LogP contribution in [0.25, 0.3) is 0 Å². The predicted molar refractivity (Wildman–Crippen MR) is 50.1 cm³/mol. The first-order chi connectivity index (χ1) is 5.24. The van der Waals surface area contributed by atoms with Crippen molar-refractivity contribution in [1.29, 1.82) is 0 Å². The summed E-state index contributed by atoms with van der Waals surface area (Å²) in [4.78, 5) is 7.99. The van der Waals surface area contributed by atoms with Gasteiger partial charge in [-0.1, -0.05) is 6.58 Å². The molecule has 11 heavy (non-hydrogen) atoms. The fourth-order valence-corrected chi connectivity index (χ4v) is 0.476. The zero-order chi connectivity index (χ0) is 8.69. The summed E-state index contributed by atoms with van der Waals surface area (Å²) >= 11 is 0. The second-order valence-electron chi connectivity index (χ2n) is 1.90. The number of aliphatic imine (C=N–C) groups is 2. The van der Waals surface area contributed by atoms with E-state index in [4.69, 9.17) is 6.42 Å². The van der Waals surface area contributed by atoms with E-state index in [9.17, 15) is 0 Å². The van der Waals surface area contributed by atoms with Gasteiger partial charge in [-0.3, -0.25) is 4.99 Å². The number of rotatable bonds is 2. The molecule has 0 saturated carbocycles. The van der Waals surface area contributed by atoms with Crippen LogP contribution < -0.4 is 0 Å². The first-order valence-electron chi connectivity index (χ1n) is 3.43. The van der Waals surface area contributed by atoms with Crippen LogP contribution in [0.3, 0.4) is 0 Å². The standard InChI is InChI=1S/C9H12N2/c1-5-8(4)11-9(6-2)10-7-3/h2,5H,1,7H2,3-4H3/b10-9-,11-8-. The highest BCUT2D eigenvalue weighted by molar-refractivity contribution is 6.08. The van der Waals surface area contributed by atoms with Crippen LogP contribution >= 0.6 is 0 Å². The van der Waals surface area contributed by atoms with Gasteiger partial charge in [0.05, 0.1) is 0 Å². The van der Waals surface area contributed by atoms with Gasteiger partial charge in [-0.15, -0.1) is 6.42 Å². The third-order valence-electron chi connectivity index (χ3n) is 1.01. The van der Waals surface area contributed by atoms with Gasteiger partial charge in [0.1, 0.15) is 0 Å². The number of terminal acetylenes is 1. The summed E-state index contributed by atoms with van der Waals surface area (Å²) in [7, 11) is 0. The van der Waals surface area contributed by atoms with Crippen molar-refractivity contribution in [2.45, 2.75) is 13.8 Å².